The molecule has 0 aliphatic heterocycles. The molecule has 1 aromatic heterocycles. The zero-order valence-electron chi connectivity index (χ0n) is 18.7. The molecule has 0 aliphatic carbocycles. The lowest BCUT2D eigenvalue weighted by molar-refractivity contribution is -0.384. The highest BCUT2D eigenvalue weighted by Gasteiger charge is 2.16. The van der Waals surface area contributed by atoms with Crippen LogP contribution in [0.5, 0.6) is 5.75 Å². The number of nitro benzene ring substituents is 1. The number of hydrogen-bond acceptors (Lipinski definition) is 5. The largest absolute Gasteiger partial charge is 0.494 e. The molecule has 0 atom stereocenters. The Morgan fingerprint density at radius 1 is 1.10 bits per heavy atom. The predicted octanol–water partition coefficient (Wildman–Crippen LogP) is 5.06. The van der Waals surface area contributed by atoms with Crippen molar-refractivity contribution >= 4 is 16.7 Å². The van der Waals surface area contributed by atoms with Gasteiger partial charge in [-0.05, 0) is 43.3 Å². The first-order valence-electron chi connectivity index (χ1n) is 11.1. The van der Waals surface area contributed by atoms with Gasteiger partial charge in [0.15, 0.2) is 0 Å². The molecule has 0 amide bonds. The van der Waals surface area contributed by atoms with Crippen molar-refractivity contribution < 1.29 is 9.66 Å². The van der Waals surface area contributed by atoms with Crippen LogP contribution in [0.25, 0.3) is 11.0 Å². The Morgan fingerprint density at radius 3 is 2.48 bits per heavy atom. The first kappa shape index (κ1) is 22.7. The number of likely N-dealkylation sites (N-methyl/N-ethyl adjacent to an activating group) is 1. The van der Waals surface area contributed by atoms with E-state index >= 15 is 0 Å². The molecule has 7 heteroatoms. The summed E-state index contributed by atoms with van der Waals surface area (Å²) >= 11 is 0. The molecule has 0 radical (unpaired) electrons. The number of ether oxygens (including phenoxy) is 1. The highest BCUT2D eigenvalue weighted by Crippen LogP contribution is 2.24. The molecule has 3 aromatic rings. The van der Waals surface area contributed by atoms with Crippen molar-refractivity contribution in [1.29, 1.82) is 0 Å². The van der Waals surface area contributed by atoms with Crippen molar-refractivity contribution in [2.24, 2.45) is 0 Å². The van der Waals surface area contributed by atoms with Crippen LogP contribution in [0.4, 0.5) is 5.69 Å². The Balaban J connectivity index is 1.86. The molecule has 0 saturated heterocycles. The number of unbranched alkanes of at least 4 members (excludes halogenated alkanes) is 1. The van der Waals surface area contributed by atoms with Gasteiger partial charge in [-0.1, -0.05) is 39.3 Å². The minimum atomic E-state index is -0.370. The van der Waals surface area contributed by atoms with Crippen molar-refractivity contribution in [3.8, 4) is 5.75 Å². The van der Waals surface area contributed by atoms with Crippen molar-refractivity contribution in [2.75, 3.05) is 26.2 Å². The number of aromatic nitrogens is 2. The van der Waals surface area contributed by atoms with Crippen LogP contribution >= 0.6 is 0 Å². The molecular formula is C24H32N4O3. The summed E-state index contributed by atoms with van der Waals surface area (Å²) < 4.78 is 7.96. The van der Waals surface area contributed by atoms with Gasteiger partial charge in [-0.3, -0.25) is 10.1 Å². The van der Waals surface area contributed by atoms with Gasteiger partial charge in [0.1, 0.15) is 11.6 Å². The quantitative estimate of drug-likeness (QED) is 0.231. The Hall–Kier alpha value is -2.93. The normalized spacial score (nSPS) is 11.4. The molecule has 31 heavy (non-hydrogen) atoms. The van der Waals surface area contributed by atoms with E-state index in [1.807, 2.05) is 18.2 Å². The number of nitro groups is 1. The van der Waals surface area contributed by atoms with E-state index in [4.69, 9.17) is 9.72 Å². The number of benzene rings is 2. The summed E-state index contributed by atoms with van der Waals surface area (Å²) in [7, 11) is 0. The second kappa shape index (κ2) is 10.9. The molecule has 0 saturated carbocycles. The van der Waals surface area contributed by atoms with E-state index < -0.39 is 0 Å². The summed E-state index contributed by atoms with van der Waals surface area (Å²) in [6.07, 6.45) is 2.82. The molecule has 0 unspecified atom stereocenters. The second-order valence-corrected chi connectivity index (χ2v) is 7.66. The molecule has 7 nitrogen and oxygen atoms in total. The number of nitrogens with zero attached hydrogens (tertiary/aromatic N) is 4. The highest BCUT2D eigenvalue weighted by atomic mass is 16.6. The van der Waals surface area contributed by atoms with Crippen molar-refractivity contribution in [3.63, 3.8) is 0 Å². The molecule has 1 heterocycles. The highest BCUT2D eigenvalue weighted by molar-refractivity contribution is 5.78. The van der Waals surface area contributed by atoms with E-state index in [9.17, 15) is 10.1 Å². The van der Waals surface area contributed by atoms with Crippen LogP contribution in [0.1, 0.15) is 45.0 Å². The van der Waals surface area contributed by atoms with Crippen molar-refractivity contribution in [3.05, 3.63) is 64.0 Å². The van der Waals surface area contributed by atoms with Crippen LogP contribution in [0.3, 0.4) is 0 Å². The van der Waals surface area contributed by atoms with Crippen LogP contribution in [0.15, 0.2) is 42.5 Å². The molecule has 0 aliphatic rings. The molecular weight excluding hydrogens is 392 g/mol. The molecule has 0 N–H and O–H groups in total. The predicted molar refractivity (Wildman–Crippen MR) is 124 cm³/mol. The number of non-ortho nitro benzene ring substituents is 1. The molecule has 166 valence electrons. The first-order valence-corrected chi connectivity index (χ1v) is 11.1. The number of rotatable bonds is 12. The van der Waals surface area contributed by atoms with Crippen LogP contribution in [0, 0.1) is 10.1 Å². The van der Waals surface area contributed by atoms with Gasteiger partial charge in [0, 0.05) is 31.6 Å². The molecule has 3 rings (SSSR count). The number of imidazole rings is 1. The lowest BCUT2D eigenvalue weighted by atomic mass is 10.1. The van der Waals surface area contributed by atoms with Gasteiger partial charge in [-0.25, -0.2) is 4.98 Å². The van der Waals surface area contributed by atoms with Gasteiger partial charge < -0.3 is 14.2 Å². The van der Waals surface area contributed by atoms with E-state index in [0.29, 0.717) is 11.9 Å². The second-order valence-electron chi connectivity index (χ2n) is 7.66. The van der Waals surface area contributed by atoms with Crippen molar-refractivity contribution in [2.45, 2.75) is 46.6 Å². The van der Waals surface area contributed by atoms with Gasteiger partial charge in [0.25, 0.3) is 5.69 Å². The Bertz CT molecular complexity index is 994. The summed E-state index contributed by atoms with van der Waals surface area (Å²) in [5.74, 6) is 1.80. The van der Waals surface area contributed by atoms with Gasteiger partial charge >= 0.3 is 0 Å². The summed E-state index contributed by atoms with van der Waals surface area (Å²) in [4.78, 5) is 18.0. The minimum Gasteiger partial charge on any atom is -0.494 e. The third-order valence-corrected chi connectivity index (χ3v) is 5.61. The maximum Gasteiger partial charge on any atom is 0.271 e. The maximum atomic E-state index is 11.2. The van der Waals surface area contributed by atoms with E-state index in [1.54, 1.807) is 12.1 Å². The zero-order chi connectivity index (χ0) is 22.2. The zero-order valence-corrected chi connectivity index (χ0v) is 18.7. The first-order chi connectivity index (χ1) is 15.0. The molecule has 0 spiro atoms. The van der Waals surface area contributed by atoms with Crippen LogP contribution in [-0.4, -0.2) is 45.6 Å². The SMILES string of the molecule is CCCCOc1ccc(Cc2nc3cc([N+](=O)[O-])ccc3n2CCN(CC)CC)cc1. The Kier molecular flexibility index (Phi) is 8.00. The maximum absolute atomic E-state index is 11.2. The Morgan fingerprint density at radius 2 is 1.84 bits per heavy atom. The minimum absolute atomic E-state index is 0.0704. The van der Waals surface area contributed by atoms with Crippen molar-refractivity contribution in [1.82, 2.24) is 14.5 Å². The van der Waals surface area contributed by atoms with E-state index in [-0.39, 0.29) is 10.6 Å². The lowest BCUT2D eigenvalue weighted by Crippen LogP contribution is -2.27. The fraction of sp³-hybridized carbons (Fsp3) is 0.458. The van der Waals surface area contributed by atoms with Crippen LogP contribution in [-0.2, 0) is 13.0 Å². The van der Waals surface area contributed by atoms with Crippen LogP contribution in [0.2, 0.25) is 0 Å². The smallest absolute Gasteiger partial charge is 0.271 e. The number of fused-ring (bicyclic) bond motifs is 1. The summed E-state index contributed by atoms with van der Waals surface area (Å²) in [5, 5.41) is 11.2. The van der Waals surface area contributed by atoms with Gasteiger partial charge in [0.05, 0.1) is 22.6 Å². The third kappa shape index (κ3) is 5.82. The summed E-state index contributed by atoms with van der Waals surface area (Å²) in [6, 6.07) is 13.1. The van der Waals surface area contributed by atoms with Gasteiger partial charge in [-0.2, -0.15) is 0 Å². The fourth-order valence-corrected chi connectivity index (χ4v) is 3.67. The Labute approximate surface area is 183 Å². The molecule has 0 bridgehead atoms. The molecule has 0 fully saturated rings. The summed E-state index contributed by atoms with van der Waals surface area (Å²) in [5.41, 5.74) is 2.81. The van der Waals surface area contributed by atoms with E-state index in [1.165, 1.54) is 0 Å². The third-order valence-electron chi connectivity index (χ3n) is 5.61. The van der Waals surface area contributed by atoms with E-state index in [0.717, 1.165) is 68.3 Å². The average Bonchev–Trinajstić information content (AvgIpc) is 3.12. The lowest BCUT2D eigenvalue weighted by Gasteiger charge is -2.19. The number of hydrogen-bond donors (Lipinski definition) is 0. The monoisotopic (exact) mass is 424 g/mol. The topological polar surface area (TPSA) is 73.4 Å². The fourth-order valence-electron chi connectivity index (χ4n) is 3.67. The van der Waals surface area contributed by atoms with Gasteiger partial charge in [0.2, 0.25) is 0 Å². The van der Waals surface area contributed by atoms with Gasteiger partial charge in [-0.15, -0.1) is 0 Å². The summed E-state index contributed by atoms with van der Waals surface area (Å²) in [6.45, 7) is 10.9. The van der Waals surface area contributed by atoms with E-state index in [2.05, 4.69) is 42.4 Å². The standard InChI is InChI=1S/C24H32N4O3/c1-4-7-16-31-21-11-8-19(9-12-21)17-24-25-22-18-20(28(29)30)10-13-23(22)27(24)15-14-26(5-2)6-3/h8-13,18H,4-7,14-17H2,1-3H3. The molecule has 2 aromatic carbocycles. The average molecular weight is 425 g/mol. The van der Waals surface area contributed by atoms with Crippen LogP contribution < -0.4 is 4.74 Å².